The van der Waals surface area contributed by atoms with Crippen LogP contribution in [0.5, 0.6) is 5.75 Å². The highest BCUT2D eigenvalue weighted by Crippen LogP contribution is 2.19. The first-order valence-electron chi connectivity index (χ1n) is 6.49. The lowest BCUT2D eigenvalue weighted by molar-refractivity contribution is -0.123. The van der Waals surface area contributed by atoms with Crippen LogP contribution in [0.4, 0.5) is 5.69 Å². The van der Waals surface area contributed by atoms with Crippen LogP contribution in [0.3, 0.4) is 0 Å². The van der Waals surface area contributed by atoms with Gasteiger partial charge < -0.3 is 20.9 Å². The molecule has 1 unspecified atom stereocenters. The fourth-order valence-electron chi connectivity index (χ4n) is 1.80. The van der Waals surface area contributed by atoms with Crippen LogP contribution in [0.15, 0.2) is 18.2 Å². The van der Waals surface area contributed by atoms with Crippen molar-refractivity contribution in [3.63, 3.8) is 0 Å². The van der Waals surface area contributed by atoms with E-state index >= 15 is 0 Å². The summed E-state index contributed by atoms with van der Waals surface area (Å²) in [5.41, 5.74) is 5.71. The minimum atomic E-state index is -1.10. The molecule has 4 N–H and O–H groups in total. The highest BCUT2D eigenvalue weighted by molar-refractivity contribution is 5.93. The Balaban J connectivity index is 2.52. The molecule has 0 saturated carbocycles. The number of carboxylic acids is 1. The number of rotatable bonds is 7. The number of carboxylic acid groups (broad SMARTS) is 1. The van der Waals surface area contributed by atoms with Gasteiger partial charge in [-0.15, -0.1) is 0 Å². The molecule has 0 heterocycles. The first-order valence-corrected chi connectivity index (χ1v) is 6.49. The topological polar surface area (TPSA) is 102 Å². The maximum Gasteiger partial charge on any atom is 0.337 e. The molecule has 1 aromatic rings. The minimum Gasteiger partial charge on any atom is -0.484 e. The molecule has 6 heteroatoms. The van der Waals surface area contributed by atoms with Crippen molar-refractivity contribution in [1.29, 1.82) is 0 Å². The Morgan fingerprint density at radius 1 is 1.45 bits per heavy atom. The summed E-state index contributed by atoms with van der Waals surface area (Å²) in [6.45, 7) is 3.85. The van der Waals surface area contributed by atoms with Gasteiger partial charge in [0.15, 0.2) is 6.61 Å². The fraction of sp³-hybridized carbons (Fsp3) is 0.429. The summed E-state index contributed by atoms with van der Waals surface area (Å²) in [5, 5.41) is 11.6. The molecule has 6 nitrogen and oxygen atoms in total. The molecule has 1 atom stereocenters. The third-order valence-electron chi connectivity index (χ3n) is 2.75. The van der Waals surface area contributed by atoms with Gasteiger partial charge in [-0.1, -0.05) is 13.3 Å². The van der Waals surface area contributed by atoms with E-state index in [0.29, 0.717) is 5.75 Å². The Hall–Kier alpha value is -2.24. The largest absolute Gasteiger partial charge is 0.484 e. The average molecular weight is 280 g/mol. The molecule has 110 valence electrons. The number of aromatic carboxylic acids is 1. The van der Waals surface area contributed by atoms with Crippen molar-refractivity contribution < 1.29 is 19.4 Å². The quantitative estimate of drug-likeness (QED) is 0.659. The number of carbonyl (C=O) groups is 2. The van der Waals surface area contributed by atoms with Crippen molar-refractivity contribution >= 4 is 17.6 Å². The first kappa shape index (κ1) is 15.8. The molecule has 0 aliphatic rings. The van der Waals surface area contributed by atoms with Crippen LogP contribution in [0.1, 0.15) is 37.0 Å². The number of benzene rings is 1. The summed E-state index contributed by atoms with van der Waals surface area (Å²) in [6, 6.07) is 4.33. The van der Waals surface area contributed by atoms with Crippen LogP contribution in [-0.2, 0) is 4.79 Å². The zero-order chi connectivity index (χ0) is 15.1. The second-order valence-corrected chi connectivity index (χ2v) is 4.60. The second kappa shape index (κ2) is 7.37. The van der Waals surface area contributed by atoms with Crippen molar-refractivity contribution in [2.24, 2.45) is 0 Å². The molecule has 0 aromatic heterocycles. The fourth-order valence-corrected chi connectivity index (χ4v) is 1.80. The Morgan fingerprint density at radius 2 is 2.15 bits per heavy atom. The van der Waals surface area contributed by atoms with Crippen molar-refractivity contribution in [1.82, 2.24) is 5.32 Å². The number of amides is 1. The number of nitrogens with one attached hydrogen (secondary N) is 1. The van der Waals surface area contributed by atoms with E-state index in [-0.39, 0.29) is 29.8 Å². The molecule has 0 aliphatic heterocycles. The van der Waals surface area contributed by atoms with Gasteiger partial charge in [-0.25, -0.2) is 4.79 Å². The van der Waals surface area contributed by atoms with Crippen LogP contribution < -0.4 is 15.8 Å². The molecular weight excluding hydrogens is 260 g/mol. The number of hydrogen-bond acceptors (Lipinski definition) is 4. The molecule has 0 aliphatic carbocycles. The Bertz CT molecular complexity index is 488. The smallest absolute Gasteiger partial charge is 0.337 e. The van der Waals surface area contributed by atoms with E-state index in [2.05, 4.69) is 5.32 Å². The Morgan fingerprint density at radius 3 is 2.70 bits per heavy atom. The summed E-state index contributed by atoms with van der Waals surface area (Å²) in [5.74, 6) is -0.946. The number of nitrogens with two attached hydrogens (primary N) is 1. The van der Waals surface area contributed by atoms with Crippen LogP contribution in [0.2, 0.25) is 0 Å². The first-order chi connectivity index (χ1) is 9.43. The molecule has 0 fully saturated rings. The van der Waals surface area contributed by atoms with E-state index < -0.39 is 5.97 Å². The van der Waals surface area contributed by atoms with Gasteiger partial charge in [0.2, 0.25) is 0 Å². The monoisotopic (exact) mass is 280 g/mol. The normalized spacial score (nSPS) is 11.7. The molecule has 0 bridgehead atoms. The van der Waals surface area contributed by atoms with Crippen LogP contribution in [0.25, 0.3) is 0 Å². The zero-order valence-electron chi connectivity index (χ0n) is 11.7. The van der Waals surface area contributed by atoms with Crippen LogP contribution >= 0.6 is 0 Å². The van der Waals surface area contributed by atoms with Gasteiger partial charge in [0.25, 0.3) is 5.91 Å². The van der Waals surface area contributed by atoms with Crippen molar-refractivity contribution in [2.75, 3.05) is 12.3 Å². The van der Waals surface area contributed by atoms with E-state index in [1.54, 1.807) is 0 Å². The van der Waals surface area contributed by atoms with Crippen LogP contribution in [-0.4, -0.2) is 29.6 Å². The molecule has 0 radical (unpaired) electrons. The molecule has 20 heavy (non-hydrogen) atoms. The van der Waals surface area contributed by atoms with Gasteiger partial charge in [0.1, 0.15) is 5.75 Å². The van der Waals surface area contributed by atoms with Gasteiger partial charge >= 0.3 is 5.97 Å². The van der Waals surface area contributed by atoms with Crippen molar-refractivity contribution in [3.05, 3.63) is 23.8 Å². The van der Waals surface area contributed by atoms with E-state index in [0.717, 1.165) is 12.8 Å². The summed E-state index contributed by atoms with van der Waals surface area (Å²) in [7, 11) is 0. The van der Waals surface area contributed by atoms with E-state index in [9.17, 15) is 9.59 Å². The standard InChI is InChI=1S/C14H20N2O4/c1-3-4-9(2)16-13(17)8-20-10-5-6-11(14(18)19)12(15)7-10/h5-7,9H,3-4,8,15H2,1-2H3,(H,16,17)(H,18,19). The number of carbonyl (C=O) groups excluding carboxylic acids is 1. The lowest BCUT2D eigenvalue weighted by atomic mass is 10.2. The maximum absolute atomic E-state index is 11.6. The summed E-state index contributed by atoms with van der Waals surface area (Å²) >= 11 is 0. The number of hydrogen-bond donors (Lipinski definition) is 3. The lowest BCUT2D eigenvalue weighted by Crippen LogP contribution is -2.35. The van der Waals surface area contributed by atoms with Gasteiger partial charge in [-0.05, 0) is 25.5 Å². The number of nitrogen functional groups attached to an aromatic ring is 1. The minimum absolute atomic E-state index is 0.0124. The van der Waals surface area contributed by atoms with Crippen molar-refractivity contribution in [2.45, 2.75) is 32.7 Å². The predicted molar refractivity (Wildman–Crippen MR) is 75.8 cm³/mol. The summed E-state index contributed by atoms with van der Waals surface area (Å²) in [4.78, 5) is 22.4. The third-order valence-corrected chi connectivity index (χ3v) is 2.75. The van der Waals surface area contributed by atoms with E-state index in [1.165, 1.54) is 18.2 Å². The Labute approximate surface area is 117 Å². The third kappa shape index (κ3) is 4.79. The number of ether oxygens (including phenoxy) is 1. The second-order valence-electron chi connectivity index (χ2n) is 4.60. The molecule has 1 amide bonds. The average Bonchev–Trinajstić information content (AvgIpc) is 2.36. The van der Waals surface area contributed by atoms with Gasteiger partial charge in [-0.2, -0.15) is 0 Å². The lowest BCUT2D eigenvalue weighted by Gasteiger charge is -2.13. The SMILES string of the molecule is CCCC(C)NC(=O)COc1ccc(C(=O)O)c(N)c1. The summed E-state index contributed by atoms with van der Waals surface area (Å²) < 4.78 is 5.28. The Kier molecular flexibility index (Phi) is 5.83. The van der Waals surface area contributed by atoms with Gasteiger partial charge in [0, 0.05) is 17.8 Å². The zero-order valence-corrected chi connectivity index (χ0v) is 11.7. The molecular formula is C14H20N2O4. The molecule has 0 spiro atoms. The summed E-state index contributed by atoms with van der Waals surface area (Å²) in [6.07, 6.45) is 1.90. The van der Waals surface area contributed by atoms with E-state index in [1.807, 2.05) is 13.8 Å². The van der Waals surface area contributed by atoms with Crippen LogP contribution in [0, 0.1) is 0 Å². The van der Waals surface area contributed by atoms with Gasteiger partial charge in [-0.3, -0.25) is 4.79 Å². The maximum atomic E-state index is 11.6. The van der Waals surface area contributed by atoms with E-state index in [4.69, 9.17) is 15.6 Å². The molecule has 1 rings (SSSR count). The molecule has 0 saturated heterocycles. The van der Waals surface area contributed by atoms with Crippen molar-refractivity contribution in [3.8, 4) is 5.75 Å². The van der Waals surface area contributed by atoms with Gasteiger partial charge in [0.05, 0.1) is 5.56 Å². The molecule has 1 aromatic carbocycles. The predicted octanol–water partition coefficient (Wildman–Crippen LogP) is 1.65. The highest BCUT2D eigenvalue weighted by atomic mass is 16.5. The number of anilines is 1. The highest BCUT2D eigenvalue weighted by Gasteiger charge is 2.10.